The van der Waals surface area contributed by atoms with Crippen molar-refractivity contribution in [3.8, 4) is 51.7 Å². The molecule has 0 saturated carbocycles. The lowest BCUT2D eigenvalue weighted by Crippen LogP contribution is -2.69. The maximum atomic E-state index is 13.2. The summed E-state index contributed by atoms with van der Waals surface area (Å²) >= 11 is 0. The lowest BCUT2D eigenvalue weighted by molar-refractivity contribution is -0.332. The molecule has 12 unspecified atom stereocenters. The van der Waals surface area contributed by atoms with Gasteiger partial charge in [-0.2, -0.15) is 0 Å². The van der Waals surface area contributed by atoms with Crippen molar-refractivity contribution in [2.24, 2.45) is 23.7 Å². The second kappa shape index (κ2) is 20.7. The number of aliphatic hydroxyl groups excluding tert-OH is 3. The summed E-state index contributed by atoms with van der Waals surface area (Å²) in [5, 5.41) is 105. The van der Waals surface area contributed by atoms with Crippen LogP contribution in [0.15, 0.2) is 18.2 Å². The summed E-state index contributed by atoms with van der Waals surface area (Å²) in [5.41, 5.74) is 1.18. The first-order chi connectivity index (χ1) is 49.8. The monoisotopic (exact) mass is 1450 g/mol. The van der Waals surface area contributed by atoms with Crippen LogP contribution in [0.5, 0.6) is 51.7 Å². The maximum absolute atomic E-state index is 13.2. The SMILES string of the molecule is COc1c2c(c(O)c3c4c(c(C)cc13)[C@H]1OC3(C(C)C)OC1C(O)(O4)C31CO1)C(=O)[C@@H](C)C[C@@H]2O.COc1c2c(c(O)c3c4c(c(C)cc13)[C@H]1OC3(C)OC1C(O)(O4)C31CO1)C(=O)[C@@H](C)C[C@@H]2O.COc1c2c(c(O)c3c4c(c(C)cc13)[C@H]1OC3(C5OCCO5)OC1C(O)(O4)C31CO1)C(=O)[C@@H](C)C[C@@H]2O. The van der Waals surface area contributed by atoms with E-state index in [4.69, 9.17) is 80.5 Å². The van der Waals surface area contributed by atoms with Crippen LogP contribution in [0, 0.1) is 44.4 Å². The van der Waals surface area contributed by atoms with Gasteiger partial charge >= 0.3 is 0 Å². The number of carbonyl (C=O) groups is 3. The highest BCUT2D eigenvalue weighted by Gasteiger charge is 2.94. The molecule has 0 radical (unpaired) electrons. The van der Waals surface area contributed by atoms with Crippen LogP contribution in [-0.4, -0.2) is 194 Å². The molecule has 0 amide bonds. The predicted octanol–water partition coefficient (Wildman–Crippen LogP) is 6.45. The van der Waals surface area contributed by atoms with E-state index in [1.807, 2.05) is 46.8 Å². The number of aromatic hydroxyl groups is 3. The van der Waals surface area contributed by atoms with Gasteiger partial charge in [-0.3, -0.25) is 14.4 Å². The van der Waals surface area contributed by atoms with Crippen molar-refractivity contribution in [3.63, 3.8) is 0 Å². The van der Waals surface area contributed by atoms with Gasteiger partial charge in [-0.05, 0) is 81.8 Å². The number of hydrogen-bond donors (Lipinski definition) is 9. The molecule has 6 bridgehead atoms. The Morgan fingerprint density at radius 3 is 1.18 bits per heavy atom. The molecule has 22 rings (SSSR count). The molecule has 29 nitrogen and oxygen atoms in total. The second-order valence-electron chi connectivity index (χ2n) is 31.6. The van der Waals surface area contributed by atoms with Crippen LogP contribution in [0.1, 0.15) is 179 Å². The zero-order valence-electron chi connectivity index (χ0n) is 59.2. The minimum absolute atomic E-state index is 0.00365. The van der Waals surface area contributed by atoms with Crippen molar-refractivity contribution in [3.05, 3.63) is 85.0 Å². The number of carbonyl (C=O) groups excluding carboxylic acids is 3. The molecule has 105 heavy (non-hydrogen) atoms. The average molecular weight is 1460 g/mol. The fraction of sp³-hybridized carbons (Fsp3) is 0.566. The highest BCUT2D eigenvalue weighted by atomic mass is 16.9. The summed E-state index contributed by atoms with van der Waals surface area (Å²) < 4.78 is 103. The van der Waals surface area contributed by atoms with E-state index in [1.165, 1.54) is 21.3 Å². The molecule has 9 N–H and O–H groups in total. The molecule has 3 spiro atoms. The number of Topliss-reactive ketones (excluding diaryl/α,β-unsaturated/α-hetero) is 3. The fourth-order valence-electron chi connectivity index (χ4n) is 20.6. The van der Waals surface area contributed by atoms with Crippen LogP contribution < -0.4 is 28.4 Å². The van der Waals surface area contributed by atoms with E-state index >= 15 is 0 Å². The van der Waals surface area contributed by atoms with Crippen LogP contribution in [-0.2, 0) is 52.1 Å². The lowest BCUT2D eigenvalue weighted by atomic mass is 9.75. The molecule has 10 saturated heterocycles. The third-order valence-electron chi connectivity index (χ3n) is 25.8. The number of benzene rings is 6. The van der Waals surface area contributed by atoms with Crippen LogP contribution in [0.4, 0.5) is 0 Å². The normalized spacial score (nSPS) is 41.1. The third kappa shape index (κ3) is 7.41. The molecule has 0 aromatic heterocycles. The minimum Gasteiger partial charge on any atom is -0.506 e. The van der Waals surface area contributed by atoms with E-state index in [0.29, 0.717) is 57.6 Å². The molecule has 13 heterocycles. The summed E-state index contributed by atoms with van der Waals surface area (Å²) in [6.07, 6.45) is -7.82. The Balaban J connectivity index is 0.000000105. The molecule has 3 aliphatic carbocycles. The van der Waals surface area contributed by atoms with Crippen LogP contribution in [0.25, 0.3) is 32.3 Å². The standard InChI is InChI=1S/C26H26O11.C26H28O9.C24H24O9/c1-9-6-11-14(18(29)16-15(19(11)31-3)12(27)7-10(2)17(16)28)20-13(9)21-22-25(30,35-20)24(8-34-24)26(36-21,37-22)23-32-4-5-33-23;1-9(2)26-24(8-32-24)25(30)23(35-26)22(34-26)14-10(3)6-12-15(21(14)33-25)19(29)17-16(20(12)31-5)13(27)7-11(4)18(17)28;1-8-5-10-13(17(27)15-14(18(10)29-4)11(25)6-9(2)16(15)26)19-12(8)20-21-24(28,32-19)23(7-30-23)22(3,31-20)33-21/h6,10,12,21-23,27,29-30H,4-5,7-8H2,1-3H3;6,9,11,13,22-23,27,29-30H,7-8H2,1-5H3;5,9,11,20-21,25,27-28H,6-7H2,1-4H3/t10-,12-,21+,22?,24?,25?,26?;11-,13-,22+,23?,24?,25?,26?;9-,11-,20+,21?,22?,23?,24?/m000/s1. The average Bonchev–Trinajstić information content (AvgIpc) is 1.48. The number of hydrogen-bond acceptors (Lipinski definition) is 29. The van der Waals surface area contributed by atoms with E-state index in [9.17, 15) is 60.3 Å². The minimum atomic E-state index is -1.98. The quantitative estimate of drug-likeness (QED) is 0.0837. The van der Waals surface area contributed by atoms with Crippen LogP contribution in [0.2, 0.25) is 0 Å². The number of fused-ring (bicyclic) bond motifs is 24. The van der Waals surface area contributed by atoms with Crippen LogP contribution in [0.3, 0.4) is 0 Å². The molecular formula is C76H78O29. The summed E-state index contributed by atoms with van der Waals surface area (Å²) in [6, 6.07) is 5.44. The van der Waals surface area contributed by atoms with Gasteiger partial charge in [-0.15, -0.1) is 0 Å². The van der Waals surface area contributed by atoms with E-state index in [-0.39, 0.29) is 152 Å². The molecule has 10 fully saturated rings. The van der Waals surface area contributed by atoms with Crippen LogP contribution >= 0.6 is 0 Å². The van der Waals surface area contributed by atoms with Gasteiger partial charge in [0, 0.05) is 73.2 Å². The molecule has 21 atom stereocenters. The molecule has 6 aromatic carbocycles. The molecular weight excluding hydrogens is 1380 g/mol. The van der Waals surface area contributed by atoms with Gasteiger partial charge in [0.1, 0.15) is 70.1 Å². The lowest BCUT2D eigenvalue weighted by Gasteiger charge is -2.47. The molecule has 556 valence electrons. The second-order valence-corrected chi connectivity index (χ2v) is 31.6. The number of ketones is 3. The van der Waals surface area contributed by atoms with Gasteiger partial charge in [-0.25, -0.2) is 0 Å². The largest absolute Gasteiger partial charge is 0.506 e. The number of rotatable bonds is 5. The first kappa shape index (κ1) is 67.0. The number of aliphatic hydroxyl groups is 6. The topological polar surface area (TPSA) is 400 Å². The van der Waals surface area contributed by atoms with Crippen molar-refractivity contribution in [1.82, 2.24) is 0 Å². The Morgan fingerprint density at radius 1 is 0.467 bits per heavy atom. The Bertz CT molecular complexity index is 5030. The van der Waals surface area contributed by atoms with E-state index in [0.717, 1.165) is 16.7 Å². The highest BCUT2D eigenvalue weighted by Crippen LogP contribution is 2.75. The Labute approximate surface area is 597 Å². The number of phenolic OH excluding ortho intramolecular Hbond substituents is 3. The fourth-order valence-corrected chi connectivity index (χ4v) is 20.6. The molecule has 29 heteroatoms. The summed E-state index contributed by atoms with van der Waals surface area (Å²) in [4.78, 5) is 39.6. The zero-order valence-corrected chi connectivity index (χ0v) is 59.2. The van der Waals surface area contributed by atoms with Gasteiger partial charge < -0.3 is 126 Å². The van der Waals surface area contributed by atoms with Gasteiger partial charge in [0.05, 0.1) is 106 Å². The summed E-state index contributed by atoms with van der Waals surface area (Å²) in [6.45, 7) is 17.6. The first-order valence-corrected chi connectivity index (χ1v) is 35.6. The first-order valence-electron chi connectivity index (χ1n) is 35.6. The smallest absolute Gasteiger partial charge is 0.274 e. The van der Waals surface area contributed by atoms with Crippen molar-refractivity contribution in [2.45, 2.75) is 194 Å². The Kier molecular flexibility index (Phi) is 13.2. The Hall–Kier alpha value is -7.37. The highest BCUT2D eigenvalue weighted by molar-refractivity contribution is 6.15. The van der Waals surface area contributed by atoms with Gasteiger partial charge in [0.25, 0.3) is 23.1 Å². The molecule has 6 aromatic rings. The van der Waals surface area contributed by atoms with E-state index < -0.39 is 131 Å². The van der Waals surface area contributed by atoms with Gasteiger partial charge in [0.2, 0.25) is 34.7 Å². The van der Waals surface area contributed by atoms with Crippen molar-refractivity contribution >= 4 is 49.7 Å². The van der Waals surface area contributed by atoms with E-state index in [2.05, 4.69) is 0 Å². The number of phenols is 3. The van der Waals surface area contributed by atoms with Gasteiger partial charge in [0.15, 0.2) is 35.7 Å². The Morgan fingerprint density at radius 2 is 0.810 bits per heavy atom. The third-order valence-corrected chi connectivity index (χ3v) is 25.8. The van der Waals surface area contributed by atoms with Crippen molar-refractivity contribution in [1.29, 1.82) is 0 Å². The summed E-state index contributed by atoms with van der Waals surface area (Å²) in [5.74, 6) is -11.5. The number of epoxide rings is 3. The maximum Gasteiger partial charge on any atom is 0.274 e. The summed E-state index contributed by atoms with van der Waals surface area (Å²) in [7, 11) is 4.37. The van der Waals surface area contributed by atoms with Gasteiger partial charge in [-0.1, -0.05) is 34.6 Å². The van der Waals surface area contributed by atoms with Crippen molar-refractivity contribution < 1.29 is 141 Å². The number of aryl methyl sites for hydroxylation is 3. The molecule has 13 aliphatic heterocycles. The van der Waals surface area contributed by atoms with Crippen molar-refractivity contribution in [2.75, 3.05) is 54.4 Å². The van der Waals surface area contributed by atoms with E-state index in [1.54, 1.807) is 33.8 Å². The number of methoxy groups -OCH3 is 3. The molecule has 16 aliphatic rings. The zero-order chi connectivity index (χ0) is 73.7. The number of ether oxygens (including phenoxy) is 17. The predicted molar refractivity (Wildman–Crippen MR) is 353 cm³/mol.